The number of nitrogens with zero attached hydrogens (tertiary/aromatic N) is 1. The minimum Gasteiger partial charge on any atom is -0.493 e. The molecule has 0 bridgehead atoms. The van der Waals surface area contributed by atoms with Gasteiger partial charge in [0.15, 0.2) is 11.5 Å². The van der Waals surface area contributed by atoms with Crippen LogP contribution in [0, 0.1) is 0 Å². The third-order valence-electron chi connectivity index (χ3n) is 3.94. The number of alkyl halides is 2. The van der Waals surface area contributed by atoms with Crippen molar-refractivity contribution in [2.24, 2.45) is 0 Å². The van der Waals surface area contributed by atoms with Gasteiger partial charge in [0, 0.05) is 0 Å². The van der Waals surface area contributed by atoms with Gasteiger partial charge >= 0.3 is 12.6 Å². The van der Waals surface area contributed by atoms with Crippen molar-refractivity contribution >= 4 is 39.2 Å². The highest BCUT2D eigenvalue weighted by molar-refractivity contribution is 7.19. The largest absolute Gasteiger partial charge is 0.493 e. The molecule has 0 unspecified atom stereocenters. The lowest BCUT2D eigenvalue weighted by Crippen LogP contribution is -2.05. The molecular formula is C20H17F2NO5S. The first-order chi connectivity index (χ1) is 13.9. The van der Waals surface area contributed by atoms with Gasteiger partial charge in [0.1, 0.15) is 5.01 Å². The molecule has 0 saturated carbocycles. The molecule has 0 atom stereocenters. The van der Waals surface area contributed by atoms with Crippen LogP contribution >= 0.6 is 11.3 Å². The number of thiazole rings is 1. The maximum atomic E-state index is 12.7. The summed E-state index contributed by atoms with van der Waals surface area (Å²) in [7, 11) is 2.62. The van der Waals surface area contributed by atoms with Crippen LogP contribution in [0.4, 0.5) is 8.78 Å². The number of para-hydroxylation sites is 1. The first kappa shape index (κ1) is 20.5. The first-order valence-electron chi connectivity index (χ1n) is 8.40. The van der Waals surface area contributed by atoms with Gasteiger partial charge in [-0.25, -0.2) is 4.98 Å². The summed E-state index contributed by atoms with van der Waals surface area (Å²) in [6.07, 6.45) is 1.35. The van der Waals surface area contributed by atoms with E-state index in [1.54, 1.807) is 6.08 Å². The van der Waals surface area contributed by atoms with Crippen LogP contribution < -0.4 is 14.2 Å². The fourth-order valence-corrected chi connectivity index (χ4v) is 3.73. The monoisotopic (exact) mass is 421 g/mol. The lowest BCUT2D eigenvalue weighted by Gasteiger charge is -2.15. The number of fused-ring (bicyclic) bond motifs is 1. The average Bonchev–Trinajstić information content (AvgIpc) is 3.11. The van der Waals surface area contributed by atoms with E-state index in [-0.39, 0.29) is 23.7 Å². The normalized spacial score (nSPS) is 11.7. The zero-order chi connectivity index (χ0) is 21.0. The zero-order valence-corrected chi connectivity index (χ0v) is 16.3. The van der Waals surface area contributed by atoms with E-state index in [2.05, 4.69) is 9.72 Å². The molecule has 0 aliphatic heterocycles. The fraction of sp³-hybridized carbons (Fsp3) is 0.200. The molecule has 1 N–H and O–H groups in total. The Kier molecular flexibility index (Phi) is 6.28. The number of rotatable bonds is 8. The second-order valence-electron chi connectivity index (χ2n) is 5.86. The van der Waals surface area contributed by atoms with Gasteiger partial charge in [-0.2, -0.15) is 8.78 Å². The summed E-state index contributed by atoms with van der Waals surface area (Å²) in [5, 5.41) is 9.88. The topological polar surface area (TPSA) is 77.9 Å². The summed E-state index contributed by atoms with van der Waals surface area (Å²) in [6, 6.07) is 10.4. The highest BCUT2D eigenvalue weighted by atomic mass is 32.1. The van der Waals surface area contributed by atoms with Crippen LogP contribution in [0.5, 0.6) is 17.2 Å². The highest BCUT2D eigenvalue weighted by Crippen LogP contribution is 2.41. The van der Waals surface area contributed by atoms with Gasteiger partial charge in [-0.05, 0) is 41.5 Å². The molecular weight excluding hydrogens is 404 g/mol. The standard InChI is InChI=1S/C20H17F2NO5S/c1-26-14-8-11(9-15(27-2)18(14)28-20(21)22)7-12(10-17(24)25)19-23-13-5-3-4-6-16(13)29-19/h3-9,20H,10H2,1-2H3,(H,24,25)/b12-7+. The van der Waals surface area contributed by atoms with Crippen LogP contribution in [-0.4, -0.2) is 36.9 Å². The van der Waals surface area contributed by atoms with E-state index in [1.807, 2.05) is 24.3 Å². The van der Waals surface area contributed by atoms with Gasteiger partial charge in [0.2, 0.25) is 5.75 Å². The van der Waals surface area contributed by atoms with Gasteiger partial charge in [0.05, 0.1) is 30.9 Å². The molecule has 9 heteroatoms. The Morgan fingerprint density at radius 2 is 1.86 bits per heavy atom. The number of halogens is 2. The lowest BCUT2D eigenvalue weighted by atomic mass is 10.1. The molecule has 1 heterocycles. The predicted molar refractivity (Wildman–Crippen MR) is 106 cm³/mol. The number of carbonyl (C=O) groups is 1. The Hall–Kier alpha value is -3.20. The van der Waals surface area contributed by atoms with Crippen molar-refractivity contribution in [2.75, 3.05) is 14.2 Å². The van der Waals surface area contributed by atoms with Crippen LogP contribution in [0.3, 0.4) is 0 Å². The van der Waals surface area contributed by atoms with E-state index in [0.29, 0.717) is 16.1 Å². The summed E-state index contributed by atoms with van der Waals surface area (Å²) in [4.78, 5) is 15.9. The summed E-state index contributed by atoms with van der Waals surface area (Å²) in [5.41, 5.74) is 1.72. The Bertz CT molecular complexity index is 1010. The maximum Gasteiger partial charge on any atom is 0.387 e. The van der Waals surface area contributed by atoms with E-state index in [1.165, 1.54) is 37.7 Å². The van der Waals surface area contributed by atoms with Crippen LogP contribution in [0.25, 0.3) is 21.9 Å². The summed E-state index contributed by atoms with van der Waals surface area (Å²) < 4.78 is 41.1. The molecule has 3 aromatic rings. The second kappa shape index (κ2) is 8.87. The highest BCUT2D eigenvalue weighted by Gasteiger charge is 2.19. The third kappa shape index (κ3) is 4.80. The Labute approximate surface area is 169 Å². The van der Waals surface area contributed by atoms with Crippen molar-refractivity contribution in [3.05, 3.63) is 47.0 Å². The van der Waals surface area contributed by atoms with Crippen LogP contribution in [-0.2, 0) is 4.79 Å². The van der Waals surface area contributed by atoms with Crippen molar-refractivity contribution in [3.8, 4) is 17.2 Å². The van der Waals surface area contributed by atoms with Crippen molar-refractivity contribution in [1.82, 2.24) is 4.98 Å². The molecule has 0 aliphatic rings. The van der Waals surface area contributed by atoms with Gasteiger partial charge in [-0.3, -0.25) is 4.79 Å². The van der Waals surface area contributed by atoms with Crippen molar-refractivity contribution in [1.29, 1.82) is 0 Å². The van der Waals surface area contributed by atoms with E-state index in [0.717, 1.165) is 10.2 Å². The summed E-state index contributed by atoms with van der Waals surface area (Å²) in [5.74, 6) is -1.18. The summed E-state index contributed by atoms with van der Waals surface area (Å²) in [6.45, 7) is -3.05. The molecule has 152 valence electrons. The minimum atomic E-state index is -3.05. The zero-order valence-electron chi connectivity index (χ0n) is 15.5. The van der Waals surface area contributed by atoms with Crippen molar-refractivity contribution < 1.29 is 32.9 Å². The summed E-state index contributed by atoms with van der Waals surface area (Å²) >= 11 is 1.37. The van der Waals surface area contributed by atoms with Gasteiger partial charge < -0.3 is 19.3 Å². The number of benzene rings is 2. The number of ether oxygens (including phenoxy) is 3. The third-order valence-corrected chi connectivity index (χ3v) is 5.05. The molecule has 0 aliphatic carbocycles. The number of aromatic nitrogens is 1. The number of hydrogen-bond donors (Lipinski definition) is 1. The molecule has 29 heavy (non-hydrogen) atoms. The smallest absolute Gasteiger partial charge is 0.387 e. The fourth-order valence-electron chi connectivity index (χ4n) is 2.75. The minimum absolute atomic E-state index is 0.0369. The molecule has 0 fully saturated rings. The maximum absolute atomic E-state index is 12.7. The van der Waals surface area contributed by atoms with Gasteiger partial charge in [-0.15, -0.1) is 11.3 Å². The first-order valence-corrected chi connectivity index (χ1v) is 9.22. The quantitative estimate of drug-likeness (QED) is 0.556. The number of carboxylic acid groups (broad SMARTS) is 1. The van der Waals surface area contributed by atoms with Gasteiger partial charge in [0.25, 0.3) is 0 Å². The van der Waals surface area contributed by atoms with Crippen LogP contribution in [0.1, 0.15) is 17.0 Å². The molecule has 0 amide bonds. The number of methoxy groups -OCH3 is 2. The number of aliphatic carboxylic acids is 1. The molecule has 6 nitrogen and oxygen atoms in total. The molecule has 1 aromatic heterocycles. The molecule has 0 saturated heterocycles. The molecule has 0 radical (unpaired) electrons. The van der Waals surface area contributed by atoms with Crippen LogP contribution in [0.15, 0.2) is 36.4 Å². The van der Waals surface area contributed by atoms with E-state index in [4.69, 9.17) is 9.47 Å². The van der Waals surface area contributed by atoms with E-state index < -0.39 is 12.6 Å². The SMILES string of the molecule is COc1cc(/C=C(\CC(=O)O)c2nc3ccccc3s2)cc(OC)c1OC(F)F. The molecule has 2 aromatic carbocycles. The van der Waals surface area contributed by atoms with Crippen molar-refractivity contribution in [3.63, 3.8) is 0 Å². The number of hydrogen-bond acceptors (Lipinski definition) is 6. The molecule has 0 spiro atoms. The lowest BCUT2D eigenvalue weighted by molar-refractivity contribution is -0.135. The Balaban J connectivity index is 2.10. The number of carboxylic acids is 1. The van der Waals surface area contributed by atoms with Gasteiger partial charge in [-0.1, -0.05) is 12.1 Å². The Morgan fingerprint density at radius 1 is 1.21 bits per heavy atom. The van der Waals surface area contributed by atoms with Crippen LogP contribution in [0.2, 0.25) is 0 Å². The van der Waals surface area contributed by atoms with Crippen molar-refractivity contribution in [2.45, 2.75) is 13.0 Å². The van der Waals surface area contributed by atoms with E-state index in [9.17, 15) is 18.7 Å². The van der Waals surface area contributed by atoms with E-state index >= 15 is 0 Å². The molecule has 3 rings (SSSR count). The predicted octanol–water partition coefficient (Wildman–Crippen LogP) is 4.93. The average molecular weight is 421 g/mol. The Morgan fingerprint density at radius 3 is 2.41 bits per heavy atom. The second-order valence-corrected chi connectivity index (χ2v) is 6.89.